The fraction of sp³-hybridized carbons (Fsp3) is 0.111. The van der Waals surface area contributed by atoms with Gasteiger partial charge in [-0.2, -0.15) is 0 Å². The third-order valence-electron chi connectivity index (χ3n) is 9.47. The smallest absolute Gasteiger partial charge is 0.273 e. The lowest BCUT2D eigenvalue weighted by Gasteiger charge is -2.37. The molecule has 4 N–H and O–H groups in total. The van der Waals surface area contributed by atoms with Crippen molar-refractivity contribution in [3.05, 3.63) is 198 Å². The number of carbonyl (C=O) groups is 4. The van der Waals surface area contributed by atoms with E-state index >= 15 is 0 Å². The molecule has 2 heterocycles. The number of hydrogen-bond donors (Lipinski definition) is 4. The summed E-state index contributed by atoms with van der Waals surface area (Å²) in [6.45, 7) is -1.06. The van der Waals surface area contributed by atoms with Crippen LogP contribution in [0.4, 0.5) is 14.5 Å². The maximum atomic E-state index is 14.7. The third-order valence-corrected chi connectivity index (χ3v) is 9.47. The van der Waals surface area contributed by atoms with E-state index in [1.165, 1.54) is 6.26 Å². The van der Waals surface area contributed by atoms with Gasteiger partial charge in [0.25, 0.3) is 5.91 Å². The molecule has 0 spiro atoms. The Bertz CT molecular complexity index is 2450. The van der Waals surface area contributed by atoms with Crippen LogP contribution in [0.3, 0.4) is 0 Å². The molecule has 7 aromatic rings. The molecule has 0 radical (unpaired) electrons. The molecule has 14 heteroatoms. The van der Waals surface area contributed by atoms with E-state index in [4.69, 9.17) is 4.42 Å². The molecular weight excluding hydrogens is 757 g/mol. The summed E-state index contributed by atoms with van der Waals surface area (Å²) in [5, 5.41) is 9.86. The van der Waals surface area contributed by atoms with Crippen molar-refractivity contribution in [2.75, 3.05) is 18.4 Å². The van der Waals surface area contributed by atoms with Crippen molar-refractivity contribution >= 4 is 29.3 Å². The SMILES string of the molecule is O=C(CNC(=O)c1coc(-c2ccccc2)n1)NCC(=O)N[C@@H](Cc1cn(C(c2ccccc2)(c2ccccc2)c2ccccc2)cn1)C(=O)Nc1ccc(F)cc1F. The van der Waals surface area contributed by atoms with Crippen molar-refractivity contribution in [3.63, 3.8) is 0 Å². The molecule has 0 aliphatic carbocycles. The summed E-state index contributed by atoms with van der Waals surface area (Å²) in [6, 6.07) is 39.9. The van der Waals surface area contributed by atoms with E-state index in [9.17, 15) is 28.0 Å². The largest absolute Gasteiger partial charge is 0.444 e. The van der Waals surface area contributed by atoms with Crippen molar-refractivity contribution in [2.24, 2.45) is 0 Å². The fourth-order valence-corrected chi connectivity index (χ4v) is 6.70. The van der Waals surface area contributed by atoms with Crippen LogP contribution in [0.1, 0.15) is 32.9 Å². The summed E-state index contributed by atoms with van der Waals surface area (Å²) in [5.74, 6) is -4.57. The summed E-state index contributed by atoms with van der Waals surface area (Å²) in [5.41, 5.74) is 2.60. The molecule has 296 valence electrons. The topological polar surface area (TPSA) is 160 Å². The van der Waals surface area contributed by atoms with Gasteiger partial charge in [0, 0.05) is 24.2 Å². The molecule has 5 aromatic carbocycles. The predicted molar refractivity (Wildman–Crippen MR) is 215 cm³/mol. The number of oxazole rings is 1. The van der Waals surface area contributed by atoms with Crippen LogP contribution in [0, 0.1) is 11.6 Å². The van der Waals surface area contributed by atoms with Crippen LogP contribution in [-0.2, 0) is 26.3 Å². The van der Waals surface area contributed by atoms with E-state index in [1.54, 1.807) is 36.8 Å². The monoisotopic (exact) mass is 793 g/mol. The minimum atomic E-state index is -1.34. The van der Waals surface area contributed by atoms with Gasteiger partial charge in [0.1, 0.15) is 29.5 Å². The molecule has 59 heavy (non-hydrogen) atoms. The highest BCUT2D eigenvalue weighted by atomic mass is 19.1. The highest BCUT2D eigenvalue weighted by Crippen LogP contribution is 2.40. The number of imidazole rings is 1. The number of nitrogens with zero attached hydrogens (tertiary/aromatic N) is 3. The highest BCUT2D eigenvalue weighted by molar-refractivity contribution is 5.98. The quantitative estimate of drug-likeness (QED) is 0.0946. The van der Waals surface area contributed by atoms with Gasteiger partial charge >= 0.3 is 0 Å². The van der Waals surface area contributed by atoms with Gasteiger partial charge in [-0.15, -0.1) is 0 Å². The van der Waals surface area contributed by atoms with E-state index in [0.29, 0.717) is 17.3 Å². The third kappa shape index (κ3) is 9.13. The lowest BCUT2D eigenvalue weighted by Crippen LogP contribution is -2.49. The Balaban J connectivity index is 1.08. The van der Waals surface area contributed by atoms with Gasteiger partial charge in [-0.05, 0) is 41.0 Å². The summed E-state index contributed by atoms with van der Waals surface area (Å²) in [4.78, 5) is 61.1. The second-order valence-corrected chi connectivity index (χ2v) is 13.4. The zero-order valence-electron chi connectivity index (χ0n) is 31.3. The Hall–Kier alpha value is -7.74. The van der Waals surface area contributed by atoms with Crippen LogP contribution < -0.4 is 21.3 Å². The number of nitrogens with one attached hydrogen (secondary N) is 4. The number of hydrogen-bond acceptors (Lipinski definition) is 7. The molecule has 1 atom stereocenters. The molecule has 7 rings (SSSR count). The average Bonchev–Trinajstić information content (AvgIpc) is 3.96. The average molecular weight is 794 g/mol. The Kier molecular flexibility index (Phi) is 12.1. The van der Waals surface area contributed by atoms with Gasteiger partial charge in [-0.1, -0.05) is 109 Å². The molecule has 2 aromatic heterocycles. The molecule has 0 fully saturated rings. The molecule has 0 saturated heterocycles. The van der Waals surface area contributed by atoms with Crippen LogP contribution in [-0.4, -0.2) is 57.3 Å². The lowest BCUT2D eigenvalue weighted by molar-refractivity contribution is -0.128. The molecule has 0 bridgehead atoms. The Morgan fingerprint density at radius 3 is 1.88 bits per heavy atom. The molecule has 0 aliphatic rings. The molecule has 0 aliphatic heterocycles. The number of benzene rings is 5. The summed E-state index contributed by atoms with van der Waals surface area (Å²) < 4.78 is 35.7. The van der Waals surface area contributed by atoms with Gasteiger partial charge in [-0.25, -0.2) is 18.7 Å². The lowest BCUT2D eigenvalue weighted by atomic mass is 9.77. The van der Waals surface area contributed by atoms with Crippen molar-refractivity contribution in [1.29, 1.82) is 0 Å². The molecular formula is C45H37F2N7O5. The maximum absolute atomic E-state index is 14.7. The first-order valence-corrected chi connectivity index (χ1v) is 18.5. The number of rotatable bonds is 15. The van der Waals surface area contributed by atoms with Gasteiger partial charge in [-0.3, -0.25) is 19.2 Å². The second-order valence-electron chi connectivity index (χ2n) is 13.4. The van der Waals surface area contributed by atoms with Gasteiger partial charge in [0.05, 0.1) is 30.8 Å². The van der Waals surface area contributed by atoms with Crippen molar-refractivity contribution in [2.45, 2.75) is 18.0 Å². The fourth-order valence-electron chi connectivity index (χ4n) is 6.70. The van der Waals surface area contributed by atoms with Crippen molar-refractivity contribution in [3.8, 4) is 11.5 Å². The van der Waals surface area contributed by atoms with Crippen LogP contribution in [0.25, 0.3) is 11.5 Å². The number of carbonyl (C=O) groups excluding carboxylic acids is 4. The van der Waals surface area contributed by atoms with E-state index in [2.05, 4.69) is 31.2 Å². The van der Waals surface area contributed by atoms with E-state index in [0.717, 1.165) is 28.8 Å². The minimum absolute atomic E-state index is 0.0446. The van der Waals surface area contributed by atoms with Crippen LogP contribution in [0.5, 0.6) is 0 Å². The highest BCUT2D eigenvalue weighted by Gasteiger charge is 2.38. The zero-order valence-corrected chi connectivity index (χ0v) is 31.3. The van der Waals surface area contributed by atoms with Gasteiger partial charge < -0.3 is 30.3 Å². The van der Waals surface area contributed by atoms with Crippen molar-refractivity contribution < 1.29 is 32.4 Å². The Morgan fingerprint density at radius 1 is 0.712 bits per heavy atom. The van der Waals surface area contributed by atoms with E-state index < -0.39 is 59.9 Å². The maximum Gasteiger partial charge on any atom is 0.273 e. The Morgan fingerprint density at radius 2 is 1.29 bits per heavy atom. The molecule has 4 amide bonds. The molecule has 12 nitrogen and oxygen atoms in total. The first-order chi connectivity index (χ1) is 28.7. The zero-order chi connectivity index (χ0) is 41.2. The summed E-state index contributed by atoms with van der Waals surface area (Å²) in [6.07, 6.45) is 4.43. The normalized spacial score (nSPS) is 11.6. The first-order valence-electron chi connectivity index (χ1n) is 18.5. The number of anilines is 1. The number of aromatic nitrogens is 3. The second kappa shape index (κ2) is 18.0. The number of amides is 4. The van der Waals surface area contributed by atoms with Crippen LogP contribution >= 0.6 is 0 Å². The minimum Gasteiger partial charge on any atom is -0.444 e. The van der Waals surface area contributed by atoms with Crippen molar-refractivity contribution in [1.82, 2.24) is 30.5 Å². The number of halogens is 2. The predicted octanol–water partition coefficient (Wildman–Crippen LogP) is 5.87. The summed E-state index contributed by atoms with van der Waals surface area (Å²) in [7, 11) is 0. The van der Waals surface area contributed by atoms with Crippen LogP contribution in [0.15, 0.2) is 163 Å². The van der Waals surface area contributed by atoms with Crippen LogP contribution in [0.2, 0.25) is 0 Å². The molecule has 0 unspecified atom stereocenters. The Labute approximate surface area is 337 Å². The first kappa shape index (κ1) is 39.5. The standard InChI is InChI=1S/C45H37F2N7O5/c46-34-21-22-37(36(47)23-34)52-43(58)38(51-41(56)26-48-40(55)25-49-42(57)39-28-59-44(53-39)30-13-5-1-6-14-30)24-35-27-54(29-50-35)45(31-15-7-2-8-16-31,32-17-9-3-10-18-32)33-19-11-4-12-20-33/h1-23,27-29,38H,24-26H2,(H,48,55)(H,49,57)(H,51,56)(H,52,58)/t38-/m0/s1. The van der Waals surface area contributed by atoms with Gasteiger partial charge in [0.2, 0.25) is 23.6 Å². The molecule has 0 saturated carbocycles. The summed E-state index contributed by atoms with van der Waals surface area (Å²) >= 11 is 0. The van der Waals surface area contributed by atoms with Gasteiger partial charge in [0.15, 0.2) is 5.69 Å². The van der Waals surface area contributed by atoms with E-state index in [1.807, 2.05) is 102 Å². The van der Waals surface area contributed by atoms with E-state index in [-0.39, 0.29) is 23.7 Å².